The van der Waals surface area contributed by atoms with Crippen molar-refractivity contribution in [2.24, 2.45) is 0 Å². The first-order valence-corrected chi connectivity index (χ1v) is 8.77. The third-order valence-electron chi connectivity index (χ3n) is 3.96. The molecular formula is C16H20FNO3S. The molecule has 0 saturated heterocycles. The number of rotatable bonds is 5. The lowest BCUT2D eigenvalue weighted by Gasteiger charge is -2.20. The monoisotopic (exact) mass is 325 g/mol. The van der Waals surface area contributed by atoms with E-state index in [1.54, 1.807) is 0 Å². The molecule has 22 heavy (non-hydrogen) atoms. The molecule has 3 rings (SSSR count). The highest BCUT2D eigenvalue weighted by atomic mass is 32.2. The van der Waals surface area contributed by atoms with E-state index in [0.717, 1.165) is 24.0 Å². The van der Waals surface area contributed by atoms with Crippen LogP contribution in [0.15, 0.2) is 12.1 Å². The summed E-state index contributed by atoms with van der Waals surface area (Å²) in [6, 6.07) is 3.26. The fourth-order valence-electron chi connectivity index (χ4n) is 2.96. The van der Waals surface area contributed by atoms with Gasteiger partial charge in [0.25, 0.3) is 0 Å². The Morgan fingerprint density at radius 3 is 3.00 bits per heavy atom. The molecular weight excluding hydrogens is 305 g/mol. The topological polar surface area (TPSA) is 47.6 Å². The summed E-state index contributed by atoms with van der Waals surface area (Å²) in [5, 5.41) is 3.05. The molecule has 1 heterocycles. The van der Waals surface area contributed by atoms with E-state index >= 15 is 0 Å². The minimum absolute atomic E-state index is 0.0615. The summed E-state index contributed by atoms with van der Waals surface area (Å²) < 4.78 is 24.2. The minimum atomic E-state index is -0.293. The van der Waals surface area contributed by atoms with Crippen LogP contribution in [0, 0.1) is 5.82 Å². The zero-order valence-corrected chi connectivity index (χ0v) is 13.2. The first-order chi connectivity index (χ1) is 10.7. The molecule has 1 fully saturated rings. The van der Waals surface area contributed by atoms with Gasteiger partial charge in [0, 0.05) is 22.9 Å². The maximum atomic E-state index is 13.6. The average molecular weight is 325 g/mol. The maximum absolute atomic E-state index is 13.6. The molecule has 1 aliphatic heterocycles. The summed E-state index contributed by atoms with van der Waals surface area (Å²) >= 11 is 1.48. The molecule has 2 aliphatic rings. The minimum Gasteiger partial charge on any atom is -0.467 e. The number of carbonyl (C=O) groups excluding carboxylic acids is 1. The molecule has 4 nitrogen and oxygen atoms in total. The lowest BCUT2D eigenvalue weighted by Crippen LogP contribution is -2.33. The second kappa shape index (κ2) is 7.33. The van der Waals surface area contributed by atoms with E-state index < -0.39 is 0 Å². The normalized spacial score (nSPS) is 17.9. The van der Waals surface area contributed by atoms with E-state index in [-0.39, 0.29) is 18.5 Å². The quantitative estimate of drug-likeness (QED) is 0.904. The van der Waals surface area contributed by atoms with Gasteiger partial charge in [0.1, 0.15) is 11.6 Å². The van der Waals surface area contributed by atoms with E-state index in [4.69, 9.17) is 9.47 Å². The van der Waals surface area contributed by atoms with Crippen molar-refractivity contribution in [1.29, 1.82) is 0 Å². The Labute approximate surface area is 133 Å². The van der Waals surface area contributed by atoms with Gasteiger partial charge >= 0.3 is 0 Å². The van der Waals surface area contributed by atoms with E-state index in [1.165, 1.54) is 36.7 Å². The summed E-state index contributed by atoms with van der Waals surface area (Å²) in [6.07, 6.45) is 4.57. The highest BCUT2D eigenvalue weighted by Gasteiger charge is 2.19. The molecule has 1 aliphatic carbocycles. The van der Waals surface area contributed by atoms with E-state index in [1.807, 2.05) is 0 Å². The van der Waals surface area contributed by atoms with Crippen LogP contribution in [0.4, 0.5) is 4.39 Å². The van der Waals surface area contributed by atoms with Crippen LogP contribution >= 0.6 is 11.8 Å². The Bertz CT molecular complexity index is 546. The molecule has 1 amide bonds. The zero-order chi connectivity index (χ0) is 15.4. The molecule has 120 valence electrons. The number of fused-ring (bicyclic) bond motifs is 1. The number of benzene rings is 1. The molecule has 1 saturated carbocycles. The Hall–Kier alpha value is -1.27. The van der Waals surface area contributed by atoms with Crippen LogP contribution in [-0.2, 0) is 21.9 Å². The van der Waals surface area contributed by atoms with Crippen molar-refractivity contribution in [2.45, 2.75) is 44.1 Å². The van der Waals surface area contributed by atoms with Gasteiger partial charge in [-0.2, -0.15) is 0 Å². The van der Waals surface area contributed by atoms with Gasteiger partial charge in [-0.15, -0.1) is 11.8 Å². The van der Waals surface area contributed by atoms with E-state index in [0.29, 0.717) is 29.9 Å². The number of thioether (sulfide) groups is 1. The van der Waals surface area contributed by atoms with Crippen LogP contribution in [0.5, 0.6) is 5.75 Å². The van der Waals surface area contributed by atoms with Crippen molar-refractivity contribution >= 4 is 17.7 Å². The first kappa shape index (κ1) is 15.6. The predicted octanol–water partition coefficient (Wildman–Crippen LogP) is 2.98. The first-order valence-electron chi connectivity index (χ1n) is 7.61. The third kappa shape index (κ3) is 3.93. The van der Waals surface area contributed by atoms with Gasteiger partial charge in [-0.3, -0.25) is 4.79 Å². The summed E-state index contributed by atoms with van der Waals surface area (Å²) in [5.41, 5.74) is 1.52. The van der Waals surface area contributed by atoms with E-state index in [2.05, 4.69) is 5.32 Å². The summed E-state index contributed by atoms with van der Waals surface area (Å²) in [4.78, 5) is 11.9. The number of halogens is 1. The Morgan fingerprint density at radius 2 is 2.18 bits per heavy atom. The van der Waals surface area contributed by atoms with Gasteiger partial charge in [-0.05, 0) is 25.0 Å². The van der Waals surface area contributed by atoms with Crippen molar-refractivity contribution in [3.8, 4) is 5.75 Å². The predicted molar refractivity (Wildman–Crippen MR) is 83.2 cm³/mol. The van der Waals surface area contributed by atoms with Crippen molar-refractivity contribution in [3.05, 3.63) is 29.1 Å². The van der Waals surface area contributed by atoms with Crippen LogP contribution in [0.1, 0.15) is 36.8 Å². The van der Waals surface area contributed by atoms with Crippen LogP contribution in [0.3, 0.4) is 0 Å². The number of nitrogens with one attached hydrogen (secondary N) is 1. The molecule has 6 heteroatoms. The number of carbonyl (C=O) groups is 1. The molecule has 0 unspecified atom stereocenters. The SMILES string of the molecule is O=C(CSCc1cc(F)cc2c1OCOC2)NC1CCCC1. The second-order valence-electron chi connectivity index (χ2n) is 5.71. The molecule has 1 aromatic carbocycles. The Balaban J connectivity index is 1.53. The van der Waals surface area contributed by atoms with Crippen LogP contribution in [0.25, 0.3) is 0 Å². The smallest absolute Gasteiger partial charge is 0.230 e. The molecule has 1 N–H and O–H groups in total. The molecule has 0 radical (unpaired) electrons. The summed E-state index contributed by atoms with van der Waals surface area (Å²) in [5.74, 6) is 1.41. The lowest BCUT2D eigenvalue weighted by atomic mass is 10.1. The number of hydrogen-bond donors (Lipinski definition) is 1. The van der Waals surface area contributed by atoms with Gasteiger partial charge in [-0.1, -0.05) is 12.8 Å². The average Bonchev–Trinajstić information content (AvgIpc) is 3.00. The van der Waals surface area contributed by atoms with Crippen LogP contribution in [-0.4, -0.2) is 24.5 Å². The lowest BCUT2D eigenvalue weighted by molar-refractivity contribution is -0.119. The molecule has 0 atom stereocenters. The van der Waals surface area contributed by atoms with Crippen molar-refractivity contribution in [2.75, 3.05) is 12.5 Å². The largest absolute Gasteiger partial charge is 0.467 e. The molecule has 0 spiro atoms. The highest BCUT2D eigenvalue weighted by Crippen LogP contribution is 2.31. The van der Waals surface area contributed by atoms with Crippen LogP contribution in [0.2, 0.25) is 0 Å². The van der Waals surface area contributed by atoms with Gasteiger partial charge in [0.05, 0.1) is 12.4 Å². The van der Waals surface area contributed by atoms with Crippen molar-refractivity contribution in [3.63, 3.8) is 0 Å². The fraction of sp³-hybridized carbons (Fsp3) is 0.562. The molecule has 0 bridgehead atoms. The highest BCUT2D eigenvalue weighted by molar-refractivity contribution is 7.99. The molecule has 0 aromatic heterocycles. The van der Waals surface area contributed by atoms with E-state index in [9.17, 15) is 9.18 Å². The van der Waals surface area contributed by atoms with Crippen LogP contribution < -0.4 is 10.1 Å². The zero-order valence-electron chi connectivity index (χ0n) is 12.4. The van der Waals surface area contributed by atoms with Gasteiger partial charge in [0.2, 0.25) is 5.91 Å². The summed E-state index contributed by atoms with van der Waals surface area (Å²) in [7, 11) is 0. The molecule has 1 aromatic rings. The second-order valence-corrected chi connectivity index (χ2v) is 6.69. The Morgan fingerprint density at radius 1 is 1.36 bits per heavy atom. The number of ether oxygens (including phenoxy) is 2. The van der Waals surface area contributed by atoms with Gasteiger partial charge in [-0.25, -0.2) is 4.39 Å². The maximum Gasteiger partial charge on any atom is 0.230 e. The van der Waals surface area contributed by atoms with Crippen molar-refractivity contribution in [1.82, 2.24) is 5.32 Å². The number of hydrogen-bond acceptors (Lipinski definition) is 4. The number of amides is 1. The fourth-order valence-corrected chi connectivity index (χ4v) is 3.76. The third-order valence-corrected chi connectivity index (χ3v) is 4.94. The van der Waals surface area contributed by atoms with Gasteiger partial charge < -0.3 is 14.8 Å². The Kier molecular flexibility index (Phi) is 5.20. The van der Waals surface area contributed by atoms with Gasteiger partial charge in [0.15, 0.2) is 6.79 Å². The van der Waals surface area contributed by atoms with Crippen molar-refractivity contribution < 1.29 is 18.7 Å². The summed E-state index contributed by atoms with van der Waals surface area (Å²) in [6.45, 7) is 0.561. The standard InChI is InChI=1S/C16H20FNO3S/c17-13-5-11-7-20-10-21-16(11)12(6-13)8-22-9-15(19)18-14-3-1-2-4-14/h5-6,14H,1-4,7-10H2,(H,18,19).